The summed E-state index contributed by atoms with van der Waals surface area (Å²) in [6, 6.07) is 2.36. The van der Waals surface area contributed by atoms with E-state index in [4.69, 9.17) is 4.74 Å². The van der Waals surface area contributed by atoms with Crippen molar-refractivity contribution in [1.82, 2.24) is 15.0 Å². The lowest BCUT2D eigenvalue weighted by molar-refractivity contribution is 0.379. The van der Waals surface area contributed by atoms with Crippen molar-refractivity contribution in [3.63, 3.8) is 0 Å². The first kappa shape index (κ1) is 13.6. The Labute approximate surface area is 116 Å². The molecule has 0 aliphatic carbocycles. The first-order valence-corrected chi connectivity index (χ1v) is 5.97. The lowest BCUT2D eigenvalue weighted by atomic mass is 10.2. The Kier molecular flexibility index (Phi) is 3.89. The number of hydrogen-bond donors (Lipinski definition) is 1. The molecule has 5 nitrogen and oxygen atoms in total. The van der Waals surface area contributed by atoms with Crippen LogP contribution in [0.1, 0.15) is 0 Å². The third kappa shape index (κ3) is 2.62. The molecule has 100 valence electrons. The lowest BCUT2D eigenvalue weighted by Gasteiger charge is -2.08. The van der Waals surface area contributed by atoms with Crippen LogP contribution in [0.3, 0.4) is 0 Å². The van der Waals surface area contributed by atoms with E-state index in [0.29, 0.717) is 0 Å². The predicted molar refractivity (Wildman–Crippen MR) is 69.0 cm³/mol. The minimum Gasteiger partial charge on any atom is -0.467 e. The van der Waals surface area contributed by atoms with E-state index in [2.05, 4.69) is 36.2 Å². The number of rotatable bonds is 3. The molecule has 1 aromatic carbocycles. The normalized spacial score (nSPS) is 10.4. The van der Waals surface area contributed by atoms with Crippen LogP contribution in [0.5, 0.6) is 6.01 Å². The fourth-order valence-corrected chi connectivity index (χ4v) is 1.73. The molecule has 0 atom stereocenters. The number of nitrogens with one attached hydrogen (secondary N) is 1. The summed E-state index contributed by atoms with van der Waals surface area (Å²) in [4.78, 5) is 11.6. The van der Waals surface area contributed by atoms with Crippen molar-refractivity contribution < 1.29 is 13.5 Å². The van der Waals surface area contributed by atoms with Crippen molar-refractivity contribution in [3.8, 4) is 17.4 Å². The highest BCUT2D eigenvalue weighted by Gasteiger charge is 2.19. The van der Waals surface area contributed by atoms with Gasteiger partial charge in [0.05, 0.1) is 17.1 Å². The molecule has 0 aliphatic rings. The van der Waals surface area contributed by atoms with Crippen molar-refractivity contribution in [2.75, 3.05) is 19.5 Å². The minimum atomic E-state index is -0.782. The molecule has 0 radical (unpaired) electrons. The molecule has 0 bridgehead atoms. The molecule has 0 spiro atoms. The average Bonchev–Trinajstić information content (AvgIpc) is 2.43. The van der Waals surface area contributed by atoms with Gasteiger partial charge >= 0.3 is 6.01 Å². The van der Waals surface area contributed by atoms with E-state index in [0.717, 1.165) is 6.07 Å². The number of hydrogen-bond acceptors (Lipinski definition) is 5. The lowest BCUT2D eigenvalue weighted by Crippen LogP contribution is -2.05. The molecule has 1 aromatic heterocycles. The number of ether oxygens (including phenoxy) is 1. The molecule has 0 saturated carbocycles. The third-order valence-electron chi connectivity index (χ3n) is 2.29. The Hall–Kier alpha value is -1.83. The number of benzene rings is 1. The molecule has 2 rings (SSSR count). The highest BCUT2D eigenvalue weighted by Crippen LogP contribution is 2.29. The quantitative estimate of drug-likeness (QED) is 0.876. The van der Waals surface area contributed by atoms with Gasteiger partial charge in [-0.05, 0) is 28.1 Å². The molecular formula is C11H9BrF2N4O. The third-order valence-corrected chi connectivity index (χ3v) is 2.90. The molecule has 0 unspecified atom stereocenters. The molecule has 0 aliphatic heterocycles. The summed E-state index contributed by atoms with van der Waals surface area (Å²) in [5.41, 5.74) is -0.341. The smallest absolute Gasteiger partial charge is 0.321 e. The monoisotopic (exact) mass is 330 g/mol. The highest BCUT2D eigenvalue weighted by molar-refractivity contribution is 9.10. The van der Waals surface area contributed by atoms with E-state index in [9.17, 15) is 8.78 Å². The van der Waals surface area contributed by atoms with Gasteiger partial charge in [0.25, 0.3) is 0 Å². The second-order valence-electron chi connectivity index (χ2n) is 3.44. The molecule has 0 fully saturated rings. The van der Waals surface area contributed by atoms with Crippen LogP contribution in [0, 0.1) is 11.6 Å². The number of aromatic nitrogens is 3. The topological polar surface area (TPSA) is 59.9 Å². The van der Waals surface area contributed by atoms with E-state index in [-0.39, 0.29) is 27.8 Å². The Morgan fingerprint density at radius 1 is 1.21 bits per heavy atom. The Morgan fingerprint density at radius 2 is 1.95 bits per heavy atom. The first-order valence-electron chi connectivity index (χ1n) is 5.18. The van der Waals surface area contributed by atoms with Crippen LogP contribution in [0.15, 0.2) is 16.6 Å². The first-order chi connectivity index (χ1) is 9.06. The van der Waals surface area contributed by atoms with Gasteiger partial charge in [0.15, 0.2) is 11.6 Å². The summed E-state index contributed by atoms with van der Waals surface area (Å²) in [5.74, 6) is -1.54. The van der Waals surface area contributed by atoms with Crippen LogP contribution >= 0.6 is 15.9 Å². The standard InChI is InChI=1S/C11H9BrF2N4O/c1-15-10-16-9(17-11(18-10)19-2)7-6(13)4-3-5(12)8(7)14/h3-4H,1-2H3,(H,15,16,17,18). The van der Waals surface area contributed by atoms with Gasteiger partial charge in [-0.2, -0.15) is 15.0 Å². The van der Waals surface area contributed by atoms with Crippen LogP contribution in [0.4, 0.5) is 14.7 Å². The van der Waals surface area contributed by atoms with E-state index >= 15 is 0 Å². The molecular weight excluding hydrogens is 322 g/mol. The van der Waals surface area contributed by atoms with E-state index in [1.54, 1.807) is 7.05 Å². The van der Waals surface area contributed by atoms with Crippen LogP contribution in [-0.4, -0.2) is 29.1 Å². The van der Waals surface area contributed by atoms with Crippen molar-refractivity contribution in [3.05, 3.63) is 28.2 Å². The van der Waals surface area contributed by atoms with E-state index in [1.165, 1.54) is 13.2 Å². The Balaban J connectivity index is 2.68. The van der Waals surface area contributed by atoms with E-state index in [1.807, 2.05) is 0 Å². The number of methoxy groups -OCH3 is 1. The van der Waals surface area contributed by atoms with Crippen LogP contribution in [0.2, 0.25) is 0 Å². The molecule has 0 amide bonds. The van der Waals surface area contributed by atoms with Crippen molar-refractivity contribution in [2.45, 2.75) is 0 Å². The van der Waals surface area contributed by atoms with Gasteiger partial charge in [-0.1, -0.05) is 0 Å². The van der Waals surface area contributed by atoms with Gasteiger partial charge in [0.1, 0.15) is 5.82 Å². The summed E-state index contributed by atoms with van der Waals surface area (Å²) in [7, 11) is 2.93. The average molecular weight is 331 g/mol. The highest BCUT2D eigenvalue weighted by atomic mass is 79.9. The second-order valence-corrected chi connectivity index (χ2v) is 4.29. The van der Waals surface area contributed by atoms with Gasteiger partial charge in [-0.3, -0.25) is 0 Å². The van der Waals surface area contributed by atoms with Crippen LogP contribution in [0.25, 0.3) is 11.4 Å². The van der Waals surface area contributed by atoms with E-state index < -0.39 is 11.6 Å². The zero-order valence-electron chi connectivity index (χ0n) is 10.0. The van der Waals surface area contributed by atoms with Crippen LogP contribution < -0.4 is 10.1 Å². The number of halogens is 3. The van der Waals surface area contributed by atoms with Crippen LogP contribution in [-0.2, 0) is 0 Å². The number of anilines is 1. The summed E-state index contributed by atoms with van der Waals surface area (Å²) < 4.78 is 32.7. The molecule has 19 heavy (non-hydrogen) atoms. The maximum atomic E-state index is 14.0. The zero-order valence-corrected chi connectivity index (χ0v) is 11.6. The van der Waals surface area contributed by atoms with Gasteiger partial charge in [0.2, 0.25) is 5.95 Å². The number of nitrogens with zero attached hydrogens (tertiary/aromatic N) is 3. The molecule has 1 heterocycles. The van der Waals surface area contributed by atoms with Gasteiger partial charge in [-0.15, -0.1) is 0 Å². The summed E-state index contributed by atoms with van der Waals surface area (Å²) in [5, 5.41) is 2.67. The molecule has 1 N–H and O–H groups in total. The molecule has 2 aromatic rings. The van der Waals surface area contributed by atoms with Crippen molar-refractivity contribution >= 4 is 21.9 Å². The SMILES string of the molecule is CNc1nc(OC)nc(-c2c(F)ccc(Br)c2F)n1. The van der Waals surface area contributed by atoms with Gasteiger partial charge in [0, 0.05) is 7.05 Å². The van der Waals surface area contributed by atoms with Crippen molar-refractivity contribution in [2.24, 2.45) is 0 Å². The second kappa shape index (κ2) is 5.43. The maximum absolute atomic E-state index is 14.0. The molecule has 0 saturated heterocycles. The Morgan fingerprint density at radius 3 is 2.58 bits per heavy atom. The van der Waals surface area contributed by atoms with Crippen molar-refractivity contribution in [1.29, 1.82) is 0 Å². The zero-order chi connectivity index (χ0) is 14.0. The summed E-state index contributed by atoms with van der Waals surface area (Å²) in [6.45, 7) is 0. The minimum absolute atomic E-state index is 0.0341. The fourth-order valence-electron chi connectivity index (χ4n) is 1.40. The van der Waals surface area contributed by atoms with Gasteiger partial charge < -0.3 is 10.1 Å². The molecule has 8 heteroatoms. The van der Waals surface area contributed by atoms with Gasteiger partial charge in [-0.25, -0.2) is 8.78 Å². The predicted octanol–water partition coefficient (Wildman–Crippen LogP) is 2.63. The Bertz CT molecular complexity index is 602. The fraction of sp³-hybridized carbons (Fsp3) is 0.182. The summed E-state index contributed by atoms with van der Waals surface area (Å²) in [6.07, 6.45) is 0. The largest absolute Gasteiger partial charge is 0.467 e. The maximum Gasteiger partial charge on any atom is 0.321 e. The summed E-state index contributed by atoms with van der Waals surface area (Å²) >= 11 is 2.99.